The summed E-state index contributed by atoms with van der Waals surface area (Å²) in [4.78, 5) is 22.8. The molecule has 0 unspecified atom stereocenters. The van der Waals surface area contributed by atoms with Crippen LogP contribution in [0.4, 0.5) is 0 Å². The molecule has 1 N–H and O–H groups in total. The van der Waals surface area contributed by atoms with Gasteiger partial charge in [-0.15, -0.1) is 0 Å². The third kappa shape index (κ3) is 5.14. The summed E-state index contributed by atoms with van der Waals surface area (Å²) in [7, 11) is 1.93. The van der Waals surface area contributed by atoms with E-state index in [1.807, 2.05) is 49.3 Å². The van der Waals surface area contributed by atoms with E-state index in [0.717, 1.165) is 23.2 Å². The fraction of sp³-hybridized carbons (Fsp3) is 0.389. The summed E-state index contributed by atoms with van der Waals surface area (Å²) in [6.07, 6.45) is 6.15. The second-order valence-corrected chi connectivity index (χ2v) is 5.77. The van der Waals surface area contributed by atoms with Crippen LogP contribution in [-0.4, -0.2) is 34.4 Å². The molecule has 0 fully saturated rings. The quantitative estimate of drug-likeness (QED) is 0.853. The Labute approximate surface area is 137 Å². The van der Waals surface area contributed by atoms with Gasteiger partial charge in [-0.2, -0.15) is 0 Å². The van der Waals surface area contributed by atoms with E-state index in [1.165, 1.54) is 0 Å². The Morgan fingerprint density at radius 1 is 1.30 bits per heavy atom. The van der Waals surface area contributed by atoms with E-state index in [9.17, 15) is 4.79 Å². The number of nitrogens with one attached hydrogen (secondary N) is 1. The molecule has 2 aromatic rings. The molecule has 0 aromatic carbocycles. The minimum atomic E-state index is -0.0458. The Kier molecular flexibility index (Phi) is 6.23. The van der Waals surface area contributed by atoms with Gasteiger partial charge in [0.15, 0.2) is 0 Å². The van der Waals surface area contributed by atoms with Gasteiger partial charge in [-0.1, -0.05) is 19.1 Å². The number of amides is 1. The van der Waals surface area contributed by atoms with Crippen LogP contribution in [0.2, 0.25) is 0 Å². The van der Waals surface area contributed by atoms with Crippen molar-refractivity contribution in [2.24, 2.45) is 0 Å². The van der Waals surface area contributed by atoms with Crippen LogP contribution in [-0.2, 0) is 11.3 Å². The fourth-order valence-electron chi connectivity index (χ4n) is 2.57. The average Bonchev–Trinajstić information content (AvgIpc) is 2.54. The number of carbonyl (C=O) groups is 1. The van der Waals surface area contributed by atoms with Gasteiger partial charge in [-0.3, -0.25) is 19.7 Å². The van der Waals surface area contributed by atoms with Gasteiger partial charge in [0.05, 0.1) is 18.3 Å². The number of hydrogen-bond acceptors (Lipinski definition) is 4. The van der Waals surface area contributed by atoms with Gasteiger partial charge in [0.2, 0.25) is 5.91 Å². The van der Waals surface area contributed by atoms with Crippen LogP contribution in [0.25, 0.3) is 0 Å². The molecule has 2 heterocycles. The third-order valence-corrected chi connectivity index (χ3v) is 3.71. The van der Waals surface area contributed by atoms with Crippen molar-refractivity contribution >= 4 is 5.91 Å². The summed E-state index contributed by atoms with van der Waals surface area (Å²) in [6.45, 7) is 5.11. The molecule has 0 saturated carbocycles. The highest BCUT2D eigenvalue weighted by Gasteiger charge is 2.16. The van der Waals surface area contributed by atoms with Gasteiger partial charge < -0.3 is 5.32 Å². The number of hydrogen-bond donors (Lipinski definition) is 1. The highest BCUT2D eigenvalue weighted by Crippen LogP contribution is 2.17. The predicted molar refractivity (Wildman–Crippen MR) is 90.7 cm³/mol. The van der Waals surface area contributed by atoms with Crippen molar-refractivity contribution in [3.05, 3.63) is 59.7 Å². The molecule has 2 rings (SSSR count). The van der Waals surface area contributed by atoms with E-state index >= 15 is 0 Å². The number of likely N-dealkylation sites (N-methyl/N-ethyl adjacent to an activating group) is 1. The smallest absolute Gasteiger partial charge is 0.234 e. The molecule has 122 valence electrons. The number of aryl methyl sites for hydroxylation is 1. The number of nitrogens with zero attached hydrogens (tertiary/aromatic N) is 3. The first-order valence-electron chi connectivity index (χ1n) is 7.88. The summed E-state index contributed by atoms with van der Waals surface area (Å²) in [6, 6.07) is 7.80. The first-order valence-corrected chi connectivity index (χ1v) is 7.88. The van der Waals surface area contributed by atoms with Crippen LogP contribution in [0.5, 0.6) is 0 Å². The second kappa shape index (κ2) is 8.39. The normalized spacial score (nSPS) is 12.2. The van der Waals surface area contributed by atoms with Crippen LogP contribution in [0, 0.1) is 6.92 Å². The summed E-state index contributed by atoms with van der Waals surface area (Å²) >= 11 is 0. The van der Waals surface area contributed by atoms with Crippen molar-refractivity contribution in [2.45, 2.75) is 32.9 Å². The zero-order valence-corrected chi connectivity index (χ0v) is 14.0. The van der Waals surface area contributed by atoms with Gasteiger partial charge in [-0.25, -0.2) is 0 Å². The largest absolute Gasteiger partial charge is 0.347 e. The first kappa shape index (κ1) is 17.1. The third-order valence-electron chi connectivity index (χ3n) is 3.71. The Morgan fingerprint density at radius 2 is 2.09 bits per heavy atom. The lowest BCUT2D eigenvalue weighted by atomic mass is 10.1. The summed E-state index contributed by atoms with van der Waals surface area (Å²) in [5, 5.41) is 3.08. The zero-order chi connectivity index (χ0) is 16.7. The monoisotopic (exact) mass is 312 g/mol. The second-order valence-electron chi connectivity index (χ2n) is 5.77. The molecule has 0 aliphatic carbocycles. The standard InChI is InChI=1S/C18H24N4O/c1-4-16(18-14(2)7-5-10-20-18)21-17(23)13-22(3)12-15-8-6-9-19-11-15/h5-11,16H,4,12-13H2,1-3H3,(H,21,23)/t16-/m0/s1. The van der Waals surface area contributed by atoms with Gasteiger partial charge in [-0.05, 0) is 43.7 Å². The van der Waals surface area contributed by atoms with Crippen molar-refractivity contribution in [2.75, 3.05) is 13.6 Å². The molecule has 0 radical (unpaired) electrons. The number of carbonyl (C=O) groups excluding carboxylic acids is 1. The average molecular weight is 312 g/mol. The molecule has 1 amide bonds. The highest BCUT2D eigenvalue weighted by molar-refractivity contribution is 5.78. The topological polar surface area (TPSA) is 58.1 Å². The molecule has 2 aromatic heterocycles. The Morgan fingerprint density at radius 3 is 2.74 bits per heavy atom. The predicted octanol–water partition coefficient (Wildman–Crippen LogP) is 2.48. The fourth-order valence-corrected chi connectivity index (χ4v) is 2.57. The minimum absolute atomic E-state index is 0.00768. The molecule has 1 atom stereocenters. The Hall–Kier alpha value is -2.27. The molecule has 0 bridgehead atoms. The van der Waals surface area contributed by atoms with E-state index in [-0.39, 0.29) is 11.9 Å². The lowest BCUT2D eigenvalue weighted by Gasteiger charge is -2.21. The van der Waals surface area contributed by atoms with Gasteiger partial charge >= 0.3 is 0 Å². The molecular formula is C18H24N4O. The first-order chi connectivity index (χ1) is 11.1. The molecule has 0 saturated heterocycles. The maximum Gasteiger partial charge on any atom is 0.234 e. The SMILES string of the molecule is CC[C@H](NC(=O)CN(C)Cc1cccnc1)c1ncccc1C. The van der Waals surface area contributed by atoms with Crippen LogP contribution in [0.1, 0.15) is 36.2 Å². The lowest BCUT2D eigenvalue weighted by molar-refractivity contribution is -0.122. The molecule has 5 nitrogen and oxygen atoms in total. The van der Waals surface area contributed by atoms with E-state index < -0.39 is 0 Å². The number of pyridine rings is 2. The summed E-state index contributed by atoms with van der Waals surface area (Å²) < 4.78 is 0. The summed E-state index contributed by atoms with van der Waals surface area (Å²) in [5.41, 5.74) is 3.14. The van der Waals surface area contributed by atoms with Crippen molar-refractivity contribution in [3.8, 4) is 0 Å². The van der Waals surface area contributed by atoms with Gasteiger partial charge in [0, 0.05) is 25.1 Å². The van der Waals surface area contributed by atoms with Crippen LogP contribution < -0.4 is 5.32 Å². The highest BCUT2D eigenvalue weighted by atomic mass is 16.2. The molecule has 0 aliphatic heterocycles. The van der Waals surface area contributed by atoms with Crippen molar-refractivity contribution in [3.63, 3.8) is 0 Å². The van der Waals surface area contributed by atoms with E-state index in [2.05, 4.69) is 22.2 Å². The maximum absolute atomic E-state index is 12.3. The van der Waals surface area contributed by atoms with Gasteiger partial charge in [0.25, 0.3) is 0 Å². The van der Waals surface area contributed by atoms with E-state index in [0.29, 0.717) is 13.1 Å². The summed E-state index contributed by atoms with van der Waals surface area (Å²) in [5.74, 6) is 0.00768. The number of aromatic nitrogens is 2. The lowest BCUT2D eigenvalue weighted by Crippen LogP contribution is -2.37. The van der Waals surface area contributed by atoms with E-state index in [1.54, 1.807) is 12.4 Å². The molecular weight excluding hydrogens is 288 g/mol. The van der Waals surface area contributed by atoms with Crippen molar-refractivity contribution < 1.29 is 4.79 Å². The van der Waals surface area contributed by atoms with Crippen molar-refractivity contribution in [1.82, 2.24) is 20.2 Å². The molecule has 0 aliphatic rings. The number of rotatable bonds is 7. The van der Waals surface area contributed by atoms with Gasteiger partial charge in [0.1, 0.15) is 0 Å². The minimum Gasteiger partial charge on any atom is -0.347 e. The van der Waals surface area contributed by atoms with Crippen LogP contribution >= 0.6 is 0 Å². The Balaban J connectivity index is 1.91. The van der Waals surface area contributed by atoms with Crippen LogP contribution in [0.15, 0.2) is 42.9 Å². The zero-order valence-electron chi connectivity index (χ0n) is 14.0. The van der Waals surface area contributed by atoms with Crippen LogP contribution in [0.3, 0.4) is 0 Å². The van der Waals surface area contributed by atoms with E-state index in [4.69, 9.17) is 0 Å². The molecule has 23 heavy (non-hydrogen) atoms. The molecule has 0 spiro atoms. The Bertz CT molecular complexity index is 630. The maximum atomic E-state index is 12.3. The molecule has 5 heteroatoms. The van der Waals surface area contributed by atoms with Crippen molar-refractivity contribution in [1.29, 1.82) is 0 Å².